The molecule has 0 bridgehead atoms. The molecule has 0 spiro atoms. The first-order valence-corrected chi connectivity index (χ1v) is 10.6. The number of hydrogen-bond acceptors (Lipinski definition) is 5. The summed E-state index contributed by atoms with van der Waals surface area (Å²) in [5.41, 5.74) is 2.16. The summed E-state index contributed by atoms with van der Waals surface area (Å²) in [5, 5.41) is 6.87. The number of fused-ring (bicyclic) bond motifs is 1. The SMILES string of the molecule is NS(=O)(=O)N(C(=O)Cc1nc(-c2ccccc2)cc2ccncc12)c1ccccc1. The molecule has 0 aliphatic heterocycles. The van der Waals surface area contributed by atoms with Crippen molar-refractivity contribution in [3.63, 3.8) is 0 Å². The third kappa shape index (κ3) is 4.05. The van der Waals surface area contributed by atoms with Crippen molar-refractivity contribution in [2.45, 2.75) is 6.42 Å². The van der Waals surface area contributed by atoms with E-state index in [4.69, 9.17) is 5.14 Å². The second-order valence-corrected chi connectivity index (χ2v) is 8.03. The zero-order chi connectivity index (χ0) is 21.1. The third-order valence-corrected chi connectivity index (χ3v) is 5.50. The maximum absolute atomic E-state index is 13.1. The van der Waals surface area contributed by atoms with Crippen LogP contribution in [0.3, 0.4) is 0 Å². The molecular weight excluding hydrogens is 400 g/mol. The summed E-state index contributed by atoms with van der Waals surface area (Å²) >= 11 is 0. The number of aromatic nitrogens is 2. The Morgan fingerprint density at radius 2 is 1.63 bits per heavy atom. The topological polar surface area (TPSA) is 106 Å². The number of hydrogen-bond donors (Lipinski definition) is 1. The lowest BCUT2D eigenvalue weighted by Crippen LogP contribution is -2.42. The minimum absolute atomic E-state index is 0.173. The summed E-state index contributed by atoms with van der Waals surface area (Å²) in [5.74, 6) is -0.702. The Morgan fingerprint density at radius 1 is 0.967 bits per heavy atom. The molecular formula is C22H18N4O3S. The van der Waals surface area contributed by atoms with Crippen molar-refractivity contribution in [3.05, 3.63) is 90.9 Å². The van der Waals surface area contributed by atoms with E-state index in [-0.39, 0.29) is 12.1 Å². The molecule has 2 aromatic carbocycles. The van der Waals surface area contributed by atoms with E-state index in [1.807, 2.05) is 42.5 Å². The van der Waals surface area contributed by atoms with Crippen molar-refractivity contribution < 1.29 is 13.2 Å². The first kappa shape index (κ1) is 19.7. The Morgan fingerprint density at radius 3 is 2.30 bits per heavy atom. The Bertz CT molecular complexity index is 1310. The van der Waals surface area contributed by atoms with Crippen LogP contribution in [-0.4, -0.2) is 24.3 Å². The van der Waals surface area contributed by atoms with E-state index in [2.05, 4.69) is 9.97 Å². The number of amides is 1. The quantitative estimate of drug-likeness (QED) is 0.536. The van der Waals surface area contributed by atoms with E-state index >= 15 is 0 Å². The van der Waals surface area contributed by atoms with Crippen molar-refractivity contribution in [2.24, 2.45) is 5.14 Å². The molecule has 0 aliphatic rings. The van der Waals surface area contributed by atoms with Gasteiger partial charge in [0.2, 0.25) is 5.91 Å². The molecule has 30 heavy (non-hydrogen) atoms. The average molecular weight is 418 g/mol. The molecule has 2 heterocycles. The normalized spacial score (nSPS) is 11.4. The summed E-state index contributed by atoms with van der Waals surface area (Å²) in [6, 6.07) is 21.3. The van der Waals surface area contributed by atoms with E-state index in [1.165, 1.54) is 12.1 Å². The second-order valence-electron chi connectivity index (χ2n) is 6.63. The molecule has 0 saturated carbocycles. The summed E-state index contributed by atoms with van der Waals surface area (Å²) in [4.78, 5) is 21.8. The number of nitrogens with zero attached hydrogens (tertiary/aromatic N) is 3. The van der Waals surface area contributed by atoms with Gasteiger partial charge in [0, 0.05) is 23.3 Å². The van der Waals surface area contributed by atoms with Crippen LogP contribution in [0.4, 0.5) is 5.69 Å². The summed E-state index contributed by atoms with van der Waals surface area (Å²) in [6.07, 6.45) is 3.01. The Labute approximate surface area is 174 Å². The van der Waals surface area contributed by atoms with Crippen LogP contribution < -0.4 is 9.44 Å². The van der Waals surface area contributed by atoms with Gasteiger partial charge in [0.25, 0.3) is 0 Å². The average Bonchev–Trinajstić information content (AvgIpc) is 2.74. The number of nitrogens with two attached hydrogens (primary N) is 1. The molecule has 150 valence electrons. The first-order chi connectivity index (χ1) is 14.4. The molecule has 2 aromatic heterocycles. The van der Waals surface area contributed by atoms with Crippen LogP contribution >= 0.6 is 0 Å². The van der Waals surface area contributed by atoms with Crippen molar-refractivity contribution >= 4 is 32.6 Å². The van der Waals surface area contributed by atoms with Gasteiger partial charge in [0.05, 0.1) is 23.5 Å². The van der Waals surface area contributed by atoms with Gasteiger partial charge in [-0.2, -0.15) is 12.7 Å². The molecule has 0 atom stereocenters. The molecule has 0 aliphatic carbocycles. The minimum Gasteiger partial charge on any atom is -0.273 e. The zero-order valence-corrected chi connectivity index (χ0v) is 16.7. The number of rotatable bonds is 5. The second kappa shape index (κ2) is 8.02. The van der Waals surface area contributed by atoms with Crippen LogP contribution in [0.15, 0.2) is 85.2 Å². The predicted molar refractivity (Wildman–Crippen MR) is 116 cm³/mol. The lowest BCUT2D eigenvalue weighted by molar-refractivity contribution is -0.116. The number of pyridine rings is 2. The van der Waals surface area contributed by atoms with Crippen LogP contribution in [0.5, 0.6) is 0 Å². The summed E-state index contributed by atoms with van der Waals surface area (Å²) in [7, 11) is -4.31. The third-order valence-electron chi connectivity index (χ3n) is 4.57. The predicted octanol–water partition coefficient (Wildman–Crippen LogP) is 3.08. The van der Waals surface area contributed by atoms with Crippen molar-refractivity contribution in [3.8, 4) is 11.3 Å². The molecule has 0 unspecified atom stereocenters. The van der Waals surface area contributed by atoms with E-state index in [0.29, 0.717) is 21.1 Å². The molecule has 7 nitrogen and oxygen atoms in total. The van der Waals surface area contributed by atoms with Crippen LogP contribution in [0, 0.1) is 0 Å². The van der Waals surface area contributed by atoms with Crippen molar-refractivity contribution in [2.75, 3.05) is 4.31 Å². The first-order valence-electron chi connectivity index (χ1n) is 9.13. The van der Waals surface area contributed by atoms with Gasteiger partial charge in [0.1, 0.15) is 0 Å². The van der Waals surface area contributed by atoms with E-state index in [9.17, 15) is 13.2 Å². The van der Waals surface area contributed by atoms with Gasteiger partial charge in [0.15, 0.2) is 0 Å². The molecule has 4 aromatic rings. The molecule has 1 amide bonds. The molecule has 8 heteroatoms. The lowest BCUT2D eigenvalue weighted by atomic mass is 10.0. The fraction of sp³-hybridized carbons (Fsp3) is 0.0455. The Hall–Kier alpha value is -3.62. The largest absolute Gasteiger partial charge is 0.305 e. The number of anilines is 1. The van der Waals surface area contributed by atoms with Gasteiger partial charge in [-0.15, -0.1) is 0 Å². The minimum atomic E-state index is -4.31. The van der Waals surface area contributed by atoms with Gasteiger partial charge in [-0.25, -0.2) is 5.14 Å². The zero-order valence-electron chi connectivity index (χ0n) is 15.8. The standard InChI is InChI=1S/C22H18N4O3S/c23-30(28,29)26(18-9-5-2-6-10-18)22(27)14-21-19-15-24-12-11-17(19)13-20(25-21)16-7-3-1-4-8-16/h1-13,15H,14H2,(H2,23,28,29). The van der Waals surface area contributed by atoms with Crippen LogP contribution in [-0.2, 0) is 21.4 Å². The maximum atomic E-state index is 13.1. The fourth-order valence-corrected chi connectivity index (χ4v) is 4.02. The van der Waals surface area contributed by atoms with Gasteiger partial charge >= 0.3 is 10.2 Å². The molecule has 0 saturated heterocycles. The summed E-state index contributed by atoms with van der Waals surface area (Å²) in [6.45, 7) is 0. The molecule has 0 radical (unpaired) electrons. The van der Waals surface area contributed by atoms with Crippen LogP contribution in [0.25, 0.3) is 22.0 Å². The van der Waals surface area contributed by atoms with Crippen molar-refractivity contribution in [1.29, 1.82) is 0 Å². The molecule has 4 rings (SSSR count). The monoisotopic (exact) mass is 418 g/mol. The fourth-order valence-electron chi connectivity index (χ4n) is 3.26. The van der Waals surface area contributed by atoms with E-state index < -0.39 is 16.1 Å². The number of carbonyl (C=O) groups is 1. The van der Waals surface area contributed by atoms with Crippen LogP contribution in [0.2, 0.25) is 0 Å². The highest BCUT2D eigenvalue weighted by molar-refractivity contribution is 7.91. The molecule has 2 N–H and O–H groups in total. The van der Waals surface area contributed by atoms with Crippen molar-refractivity contribution in [1.82, 2.24) is 9.97 Å². The maximum Gasteiger partial charge on any atom is 0.305 e. The van der Waals surface area contributed by atoms with E-state index in [0.717, 1.165) is 10.9 Å². The number of benzene rings is 2. The number of carbonyl (C=O) groups excluding carboxylic acids is 1. The van der Waals surface area contributed by atoms with E-state index in [1.54, 1.807) is 30.6 Å². The highest BCUT2D eigenvalue weighted by atomic mass is 32.2. The Kier molecular flexibility index (Phi) is 5.26. The highest BCUT2D eigenvalue weighted by Crippen LogP contribution is 2.26. The number of para-hydroxylation sites is 1. The van der Waals surface area contributed by atoms with Gasteiger partial charge in [-0.1, -0.05) is 48.5 Å². The highest BCUT2D eigenvalue weighted by Gasteiger charge is 2.27. The van der Waals surface area contributed by atoms with Gasteiger partial charge in [-0.3, -0.25) is 14.8 Å². The van der Waals surface area contributed by atoms with Gasteiger partial charge in [-0.05, 0) is 29.7 Å². The Balaban J connectivity index is 1.80. The molecule has 0 fully saturated rings. The van der Waals surface area contributed by atoms with Crippen LogP contribution in [0.1, 0.15) is 5.69 Å². The lowest BCUT2D eigenvalue weighted by Gasteiger charge is -2.20. The summed E-state index contributed by atoms with van der Waals surface area (Å²) < 4.78 is 24.9. The van der Waals surface area contributed by atoms with Gasteiger partial charge < -0.3 is 0 Å². The smallest absolute Gasteiger partial charge is 0.273 e.